The smallest absolute Gasteiger partial charge is 0.339 e. The lowest BCUT2D eigenvalue weighted by Gasteiger charge is -2.14. The summed E-state index contributed by atoms with van der Waals surface area (Å²) in [6.07, 6.45) is 4.34. The number of carboxylic acid groups (broad SMARTS) is 4. The highest BCUT2D eigenvalue weighted by Crippen LogP contribution is 2.28. The van der Waals surface area contributed by atoms with E-state index in [9.17, 15) is 39.6 Å². The van der Waals surface area contributed by atoms with E-state index >= 15 is 0 Å². The minimum atomic E-state index is -1.15. The van der Waals surface area contributed by atoms with Crippen LogP contribution >= 0.6 is 0 Å². The third-order valence-corrected chi connectivity index (χ3v) is 8.52. The van der Waals surface area contributed by atoms with Gasteiger partial charge in [-0.05, 0) is 122 Å². The second kappa shape index (κ2) is 17.8. The molecule has 272 valence electrons. The summed E-state index contributed by atoms with van der Waals surface area (Å²) in [6, 6.07) is 19.5. The van der Waals surface area contributed by atoms with Crippen LogP contribution in [0.15, 0.2) is 72.8 Å². The van der Waals surface area contributed by atoms with E-state index in [1.54, 1.807) is 48.5 Å². The minimum absolute atomic E-state index is 0.000488. The van der Waals surface area contributed by atoms with Crippen LogP contribution in [0.2, 0.25) is 0 Å². The maximum atomic E-state index is 12.1. The molecule has 0 fully saturated rings. The van der Waals surface area contributed by atoms with Crippen molar-refractivity contribution < 1.29 is 58.6 Å². The van der Waals surface area contributed by atoms with E-state index in [-0.39, 0.29) is 71.7 Å². The Hall–Kier alpha value is -6.04. The third kappa shape index (κ3) is 10.0. The van der Waals surface area contributed by atoms with Crippen molar-refractivity contribution in [2.45, 2.75) is 51.4 Å². The molecule has 14 rings (SSSR count). The Bertz CT molecular complexity index is 1660. The maximum Gasteiger partial charge on any atom is 0.339 e. The van der Waals surface area contributed by atoms with Crippen LogP contribution in [0.4, 0.5) is 0 Å². The summed E-state index contributed by atoms with van der Waals surface area (Å²) in [5, 5.41) is 39.4. The lowest BCUT2D eigenvalue weighted by atomic mass is 10.00. The van der Waals surface area contributed by atoms with Crippen LogP contribution in [-0.4, -0.2) is 70.7 Å². The van der Waals surface area contributed by atoms with Crippen molar-refractivity contribution in [3.63, 3.8) is 0 Å². The van der Waals surface area contributed by atoms with Gasteiger partial charge in [0.1, 0.15) is 45.3 Å². The van der Waals surface area contributed by atoms with Crippen molar-refractivity contribution in [2.24, 2.45) is 0 Å². The number of rotatable bonds is 4. The largest absolute Gasteiger partial charge is 0.493 e. The number of carbonyl (C=O) groups is 4. The Morgan fingerprint density at radius 3 is 0.808 bits per heavy atom. The fourth-order valence-corrected chi connectivity index (χ4v) is 5.88. The van der Waals surface area contributed by atoms with E-state index in [1.165, 1.54) is 24.3 Å². The summed E-state index contributed by atoms with van der Waals surface area (Å²) in [5.74, 6) is -3.69. The van der Waals surface area contributed by atoms with Gasteiger partial charge in [0.25, 0.3) is 0 Å². The summed E-state index contributed by atoms with van der Waals surface area (Å²) < 4.78 is 23.2. The average molecular weight is 713 g/mol. The molecule has 0 spiro atoms. The SMILES string of the molecule is O=C(O)c1cc2ccc1OCCCCCOc1ccc(cc1C(=O)O)Cc1ccc(c(C(=O)O)c1)OCCCCCOc1ccc(cc1C(=O)O)C2. The van der Waals surface area contributed by atoms with Gasteiger partial charge in [-0.25, -0.2) is 19.2 Å². The van der Waals surface area contributed by atoms with Gasteiger partial charge in [-0.3, -0.25) is 0 Å². The van der Waals surface area contributed by atoms with Crippen molar-refractivity contribution in [1.29, 1.82) is 0 Å². The van der Waals surface area contributed by atoms with E-state index in [2.05, 4.69) is 0 Å². The van der Waals surface area contributed by atoms with Gasteiger partial charge in [-0.15, -0.1) is 0 Å². The maximum absolute atomic E-state index is 12.1. The Kier molecular flexibility index (Phi) is 12.7. The lowest BCUT2D eigenvalue weighted by molar-refractivity contribution is 0.0680. The van der Waals surface area contributed by atoms with E-state index in [1.807, 2.05) is 0 Å². The van der Waals surface area contributed by atoms with Crippen LogP contribution in [0.5, 0.6) is 23.0 Å². The highest BCUT2D eigenvalue weighted by Gasteiger charge is 2.18. The Labute approximate surface area is 300 Å². The molecule has 0 aliphatic carbocycles. The molecule has 4 N–H and O–H groups in total. The van der Waals surface area contributed by atoms with E-state index in [4.69, 9.17) is 18.9 Å². The minimum Gasteiger partial charge on any atom is -0.493 e. The first kappa shape index (κ1) is 37.2. The fraction of sp³-hybridized carbons (Fsp3) is 0.300. The quantitative estimate of drug-likeness (QED) is 0.167. The molecule has 4 aromatic rings. The predicted molar refractivity (Wildman–Crippen MR) is 189 cm³/mol. The van der Waals surface area contributed by atoms with Crippen molar-refractivity contribution in [1.82, 2.24) is 0 Å². The fourth-order valence-electron chi connectivity index (χ4n) is 5.88. The van der Waals surface area contributed by atoms with Crippen LogP contribution in [0.1, 0.15) is 102 Å². The van der Waals surface area contributed by atoms with Gasteiger partial charge in [0, 0.05) is 0 Å². The van der Waals surface area contributed by atoms with Crippen LogP contribution in [0.25, 0.3) is 0 Å². The van der Waals surface area contributed by atoms with Crippen molar-refractivity contribution in [3.8, 4) is 23.0 Å². The molecule has 10 aliphatic heterocycles. The molecule has 0 radical (unpaired) electrons. The summed E-state index contributed by atoms with van der Waals surface area (Å²) in [6.45, 7) is 1.04. The molecular weight excluding hydrogens is 672 g/mol. The molecular formula is C40H40O12. The Balaban J connectivity index is 1.33. The first-order chi connectivity index (χ1) is 25.1. The van der Waals surface area contributed by atoms with Crippen molar-refractivity contribution >= 4 is 23.9 Å². The number of hydrogen-bond acceptors (Lipinski definition) is 8. The van der Waals surface area contributed by atoms with E-state index in [0.29, 0.717) is 73.6 Å². The number of ether oxygens (including phenoxy) is 4. The molecule has 52 heavy (non-hydrogen) atoms. The van der Waals surface area contributed by atoms with Crippen molar-refractivity contribution in [3.05, 3.63) is 117 Å². The number of benzene rings is 4. The molecule has 12 heteroatoms. The highest BCUT2D eigenvalue weighted by molar-refractivity contribution is 5.93. The topological polar surface area (TPSA) is 186 Å². The van der Waals surface area contributed by atoms with Gasteiger partial charge >= 0.3 is 23.9 Å². The standard InChI is InChI=1S/C40H40O12/c41-37(42)29-21-25-7-11-33(29)49-15-3-1-4-16-50-34-12-8-26(22-30(34)38(43)44)20-28-10-14-36(32(24-28)40(47)48)52-18-6-2-5-17-51-35-13-9-27(19-25)23-31(35)39(45)46/h7-14,21-24H,1-6,15-20H2,(H,41,42)(H,43,44)(H,45,46)(H,47,48). The third-order valence-electron chi connectivity index (χ3n) is 8.52. The van der Waals surface area contributed by atoms with Gasteiger partial charge < -0.3 is 39.4 Å². The molecule has 12 nitrogen and oxygen atoms in total. The molecule has 0 amide bonds. The molecule has 0 atom stereocenters. The average Bonchev–Trinajstić information content (AvgIpc) is 3.11. The normalized spacial score (nSPS) is 14.5. The Morgan fingerprint density at radius 2 is 0.596 bits per heavy atom. The summed E-state index contributed by atoms with van der Waals surface area (Å²) in [7, 11) is 0. The molecule has 10 heterocycles. The van der Waals surface area contributed by atoms with Crippen molar-refractivity contribution in [2.75, 3.05) is 26.4 Å². The molecule has 0 saturated carbocycles. The first-order valence-corrected chi connectivity index (χ1v) is 17.0. The second-order valence-corrected chi connectivity index (χ2v) is 12.4. The second-order valence-electron chi connectivity index (χ2n) is 12.4. The molecule has 0 unspecified atom stereocenters. The zero-order valence-corrected chi connectivity index (χ0v) is 28.5. The summed E-state index contributed by atoms with van der Waals surface area (Å²) >= 11 is 0. The van der Waals surface area contributed by atoms with E-state index < -0.39 is 23.9 Å². The molecule has 8 bridgehead atoms. The van der Waals surface area contributed by atoms with E-state index in [0.717, 1.165) is 0 Å². The summed E-state index contributed by atoms with van der Waals surface area (Å²) in [4.78, 5) is 48.2. The molecule has 10 aliphatic rings. The van der Waals surface area contributed by atoms with Gasteiger partial charge in [0.15, 0.2) is 0 Å². The monoisotopic (exact) mass is 712 g/mol. The lowest BCUT2D eigenvalue weighted by Crippen LogP contribution is -2.08. The molecule has 4 aromatic carbocycles. The van der Waals surface area contributed by atoms with Crippen LogP contribution in [-0.2, 0) is 12.8 Å². The molecule has 0 aromatic heterocycles. The Morgan fingerprint density at radius 1 is 0.365 bits per heavy atom. The zero-order valence-electron chi connectivity index (χ0n) is 28.5. The summed E-state index contributed by atoms with van der Waals surface area (Å²) in [5.41, 5.74) is 2.67. The van der Waals surface area contributed by atoms with Gasteiger partial charge in [-0.2, -0.15) is 0 Å². The number of hydrogen-bond donors (Lipinski definition) is 4. The first-order valence-electron chi connectivity index (χ1n) is 17.0. The number of carboxylic acids is 4. The van der Waals surface area contributed by atoms with Gasteiger partial charge in [0.05, 0.1) is 26.4 Å². The predicted octanol–water partition coefficient (Wildman–Crippen LogP) is 7.23. The highest BCUT2D eigenvalue weighted by atomic mass is 16.5. The van der Waals surface area contributed by atoms with Crippen LogP contribution in [0, 0.1) is 0 Å². The van der Waals surface area contributed by atoms with Gasteiger partial charge in [-0.1, -0.05) is 24.3 Å². The van der Waals surface area contributed by atoms with Crippen LogP contribution in [0.3, 0.4) is 0 Å². The zero-order chi connectivity index (χ0) is 37.0. The number of aromatic carboxylic acids is 4. The molecule has 0 saturated heterocycles. The van der Waals surface area contributed by atoms with Gasteiger partial charge in [0.2, 0.25) is 0 Å². The van der Waals surface area contributed by atoms with Crippen LogP contribution < -0.4 is 18.9 Å².